The van der Waals surface area contributed by atoms with Crippen LogP contribution in [0.15, 0.2) is 52.7 Å². The standard InChI is InChI=1S/C24H22ClF3N6O3S2/c25-17-7-12(26)1-2-16(17)21-20(18-3-5-34(31-18)24(27)28)19-8-13(32-39(36,37)15-9-14(35)10-15)11-33(19)22(30-21)23-29-4-6-38-23/h1-7,13-15,21,24,32,35H,8-11H2/t13-,14-,15-,21-/m0/s1. The summed E-state index contributed by atoms with van der Waals surface area (Å²) in [6, 6.07) is 3.91. The van der Waals surface area contributed by atoms with Gasteiger partial charge in [0.15, 0.2) is 10.8 Å². The first-order valence-corrected chi connectivity index (χ1v) is 14.9. The number of benzene rings is 1. The first-order valence-electron chi connectivity index (χ1n) is 12.1. The van der Waals surface area contributed by atoms with Gasteiger partial charge in [-0.2, -0.15) is 13.9 Å². The van der Waals surface area contributed by atoms with Crippen LogP contribution in [0.25, 0.3) is 5.57 Å². The molecule has 0 amide bonds. The molecule has 1 saturated carbocycles. The van der Waals surface area contributed by atoms with Crippen molar-refractivity contribution in [1.82, 2.24) is 24.4 Å². The number of hydrogen-bond acceptors (Lipinski definition) is 8. The number of aliphatic hydroxyl groups excluding tert-OH is 1. The van der Waals surface area contributed by atoms with E-state index in [0.717, 1.165) is 12.3 Å². The number of nitrogens with one attached hydrogen (secondary N) is 1. The van der Waals surface area contributed by atoms with Gasteiger partial charge in [-0.05, 0) is 31.0 Å². The van der Waals surface area contributed by atoms with Crippen LogP contribution in [0.4, 0.5) is 13.2 Å². The molecule has 2 aromatic heterocycles. The average molecular weight is 599 g/mol. The molecule has 1 saturated heterocycles. The second kappa shape index (κ2) is 10.0. The topological polar surface area (TPSA) is 113 Å². The van der Waals surface area contributed by atoms with Crippen LogP contribution in [0.3, 0.4) is 0 Å². The Balaban J connectivity index is 1.48. The highest BCUT2D eigenvalue weighted by molar-refractivity contribution is 7.90. The van der Waals surface area contributed by atoms with Gasteiger partial charge < -0.3 is 10.0 Å². The van der Waals surface area contributed by atoms with Gasteiger partial charge in [-0.3, -0.25) is 4.99 Å². The normalized spacial score (nSPS) is 25.2. The van der Waals surface area contributed by atoms with Gasteiger partial charge in [0.2, 0.25) is 10.0 Å². The third kappa shape index (κ3) is 4.88. The molecule has 3 aliphatic rings. The fourth-order valence-electron chi connectivity index (χ4n) is 5.15. The van der Waals surface area contributed by atoms with Crippen molar-refractivity contribution < 1.29 is 26.7 Å². The highest BCUT2D eigenvalue weighted by Gasteiger charge is 2.44. The van der Waals surface area contributed by atoms with Gasteiger partial charge in [-0.15, -0.1) is 11.3 Å². The molecule has 0 spiro atoms. The third-order valence-corrected chi connectivity index (χ3v) is 10.1. The van der Waals surface area contributed by atoms with Gasteiger partial charge in [0, 0.05) is 58.6 Å². The van der Waals surface area contributed by atoms with Crippen LogP contribution in [-0.2, 0) is 10.0 Å². The predicted octanol–water partition coefficient (Wildman–Crippen LogP) is 3.96. The number of sulfonamides is 1. The minimum absolute atomic E-state index is 0.0980. The van der Waals surface area contributed by atoms with Gasteiger partial charge in [-0.25, -0.2) is 27.2 Å². The number of aliphatic hydroxyl groups is 1. The number of aliphatic imine (C=N–C) groups is 1. The quantitative estimate of drug-likeness (QED) is 0.426. The van der Waals surface area contributed by atoms with Crippen molar-refractivity contribution in [3.8, 4) is 0 Å². The van der Waals surface area contributed by atoms with Crippen LogP contribution in [0.2, 0.25) is 5.02 Å². The molecule has 2 N–H and O–H groups in total. The van der Waals surface area contributed by atoms with Gasteiger partial charge in [0.1, 0.15) is 11.9 Å². The summed E-state index contributed by atoms with van der Waals surface area (Å²) in [5, 5.41) is 15.4. The molecule has 2 aliphatic heterocycles. The van der Waals surface area contributed by atoms with Crippen molar-refractivity contribution in [2.24, 2.45) is 4.99 Å². The molecule has 2 atom stereocenters. The molecule has 9 nitrogen and oxygen atoms in total. The van der Waals surface area contributed by atoms with E-state index < -0.39 is 45.8 Å². The molecule has 1 aliphatic carbocycles. The highest BCUT2D eigenvalue weighted by atomic mass is 35.5. The number of fused-ring (bicyclic) bond motifs is 1. The van der Waals surface area contributed by atoms with Crippen LogP contribution < -0.4 is 4.72 Å². The SMILES string of the molecule is O=S(=O)(N[C@H]1CC2=C(c3ccn(C(F)F)n3)[C@H](c3ccc(F)cc3Cl)N=C(c3nccs3)N2C1)[C@H]1C[C@H](O)C1. The van der Waals surface area contributed by atoms with Crippen molar-refractivity contribution in [2.75, 3.05) is 6.54 Å². The maximum absolute atomic E-state index is 13.9. The number of amidine groups is 1. The van der Waals surface area contributed by atoms with E-state index in [1.54, 1.807) is 11.6 Å². The van der Waals surface area contributed by atoms with Crippen molar-refractivity contribution in [1.29, 1.82) is 0 Å². The van der Waals surface area contributed by atoms with E-state index in [-0.39, 0.29) is 36.5 Å². The summed E-state index contributed by atoms with van der Waals surface area (Å²) in [6.07, 6.45) is 2.68. The van der Waals surface area contributed by atoms with Gasteiger partial charge >= 0.3 is 6.55 Å². The average Bonchev–Trinajstić information content (AvgIpc) is 3.61. The van der Waals surface area contributed by atoms with Crippen LogP contribution in [0.1, 0.15) is 48.1 Å². The molecule has 15 heteroatoms. The Hall–Kier alpha value is -2.78. The number of rotatable bonds is 7. The van der Waals surface area contributed by atoms with Crippen molar-refractivity contribution in [2.45, 2.75) is 49.2 Å². The van der Waals surface area contributed by atoms with Gasteiger partial charge in [0.05, 0.1) is 17.0 Å². The number of hydrogen-bond donors (Lipinski definition) is 2. The molecule has 2 fully saturated rings. The van der Waals surface area contributed by atoms with E-state index in [9.17, 15) is 26.7 Å². The molecule has 0 unspecified atom stereocenters. The predicted molar refractivity (Wildman–Crippen MR) is 139 cm³/mol. The molecule has 3 aromatic rings. The summed E-state index contributed by atoms with van der Waals surface area (Å²) in [4.78, 5) is 11.1. The van der Waals surface area contributed by atoms with E-state index >= 15 is 0 Å². The molecule has 0 radical (unpaired) electrons. The monoisotopic (exact) mass is 598 g/mol. The first-order chi connectivity index (χ1) is 18.6. The van der Waals surface area contributed by atoms with Crippen molar-refractivity contribution in [3.05, 3.63) is 74.8 Å². The summed E-state index contributed by atoms with van der Waals surface area (Å²) in [5.41, 5.74) is 1.74. The zero-order valence-electron chi connectivity index (χ0n) is 20.1. The smallest absolute Gasteiger partial charge is 0.333 e. The Labute approximate surface area is 230 Å². The summed E-state index contributed by atoms with van der Waals surface area (Å²) in [7, 11) is -3.71. The second-order valence-electron chi connectivity index (χ2n) is 9.60. The number of halogens is 4. The van der Waals surface area contributed by atoms with E-state index in [1.807, 2.05) is 4.90 Å². The van der Waals surface area contributed by atoms with Crippen LogP contribution in [-0.4, -0.2) is 63.0 Å². The Kier molecular flexibility index (Phi) is 6.78. The number of alkyl halides is 2. The lowest BCUT2D eigenvalue weighted by atomic mass is 9.92. The fourth-order valence-corrected chi connectivity index (χ4v) is 7.83. The molecule has 206 valence electrons. The van der Waals surface area contributed by atoms with Gasteiger partial charge in [0.25, 0.3) is 0 Å². The largest absolute Gasteiger partial charge is 0.393 e. The van der Waals surface area contributed by atoms with Crippen molar-refractivity contribution >= 4 is 44.4 Å². The third-order valence-electron chi connectivity index (χ3n) is 7.06. The molecule has 4 heterocycles. The maximum Gasteiger partial charge on any atom is 0.333 e. The Morgan fingerprint density at radius 3 is 2.67 bits per heavy atom. The van der Waals surface area contributed by atoms with Crippen LogP contribution in [0, 0.1) is 5.82 Å². The van der Waals surface area contributed by atoms with E-state index in [1.165, 1.54) is 29.5 Å². The number of aromatic nitrogens is 3. The van der Waals surface area contributed by atoms with E-state index in [4.69, 9.17) is 16.6 Å². The molecule has 0 bridgehead atoms. The molecule has 39 heavy (non-hydrogen) atoms. The first kappa shape index (κ1) is 26.4. The zero-order valence-corrected chi connectivity index (χ0v) is 22.5. The van der Waals surface area contributed by atoms with Crippen LogP contribution in [0.5, 0.6) is 0 Å². The lowest BCUT2D eigenvalue weighted by Crippen LogP contribution is -2.49. The summed E-state index contributed by atoms with van der Waals surface area (Å²) in [5.74, 6) is -0.0823. The minimum atomic E-state index is -3.71. The minimum Gasteiger partial charge on any atom is -0.393 e. The second-order valence-corrected chi connectivity index (χ2v) is 12.9. The lowest BCUT2D eigenvalue weighted by Gasteiger charge is -2.32. The fraction of sp³-hybridized carbons (Fsp3) is 0.375. The van der Waals surface area contributed by atoms with E-state index in [0.29, 0.717) is 32.4 Å². The molecular weight excluding hydrogens is 577 g/mol. The Bertz CT molecular complexity index is 1570. The Morgan fingerprint density at radius 1 is 1.23 bits per heavy atom. The molecular formula is C24H22ClF3N6O3S2. The zero-order chi connectivity index (χ0) is 27.5. The van der Waals surface area contributed by atoms with Crippen LogP contribution >= 0.6 is 22.9 Å². The number of nitrogens with zero attached hydrogens (tertiary/aromatic N) is 5. The summed E-state index contributed by atoms with van der Waals surface area (Å²) >= 11 is 7.79. The van der Waals surface area contributed by atoms with Crippen molar-refractivity contribution in [3.63, 3.8) is 0 Å². The Morgan fingerprint density at radius 2 is 2.03 bits per heavy atom. The summed E-state index contributed by atoms with van der Waals surface area (Å²) in [6.45, 7) is -2.65. The maximum atomic E-state index is 13.9. The number of thiazole rings is 1. The summed E-state index contributed by atoms with van der Waals surface area (Å²) < 4.78 is 70.1. The molecule has 6 rings (SSSR count). The molecule has 1 aromatic carbocycles. The van der Waals surface area contributed by atoms with Gasteiger partial charge in [-0.1, -0.05) is 17.7 Å². The highest BCUT2D eigenvalue weighted by Crippen LogP contribution is 2.46. The van der Waals surface area contributed by atoms with E-state index in [2.05, 4.69) is 14.8 Å². The lowest BCUT2D eigenvalue weighted by molar-refractivity contribution is 0.0564.